The van der Waals surface area contributed by atoms with E-state index < -0.39 is 27.3 Å². The summed E-state index contributed by atoms with van der Waals surface area (Å²) in [6, 6.07) is 1.26. The van der Waals surface area contributed by atoms with Crippen molar-refractivity contribution in [1.82, 2.24) is 15.0 Å². The summed E-state index contributed by atoms with van der Waals surface area (Å²) in [5, 5.41) is 3.09. The van der Waals surface area contributed by atoms with Crippen LogP contribution >= 0.6 is 0 Å². The fourth-order valence-corrected chi connectivity index (χ4v) is 3.65. The normalized spacial score (nSPS) is 16.3. The van der Waals surface area contributed by atoms with Gasteiger partial charge in [-0.25, -0.2) is 18.4 Å². The molecule has 1 aliphatic rings. The van der Waals surface area contributed by atoms with E-state index in [4.69, 9.17) is 0 Å². The maximum atomic E-state index is 13.4. The SMILES string of the molecule is CS(=O)(=O)c1cncc(-c2nc(NC3CCCCC3)ncc2C(F)(F)F)c1. The van der Waals surface area contributed by atoms with Crippen molar-refractivity contribution in [2.45, 2.75) is 49.2 Å². The molecule has 0 amide bonds. The number of hydrogen-bond donors (Lipinski definition) is 1. The molecule has 146 valence electrons. The molecule has 0 saturated heterocycles. The van der Waals surface area contributed by atoms with Gasteiger partial charge in [-0.05, 0) is 18.9 Å². The molecule has 1 N–H and O–H groups in total. The van der Waals surface area contributed by atoms with Gasteiger partial charge in [-0.15, -0.1) is 0 Å². The van der Waals surface area contributed by atoms with E-state index in [0.29, 0.717) is 0 Å². The van der Waals surface area contributed by atoms with Crippen LogP contribution in [-0.4, -0.2) is 35.7 Å². The first kappa shape index (κ1) is 19.5. The molecular formula is C17H19F3N4O2S. The van der Waals surface area contributed by atoms with Crippen LogP contribution in [0.4, 0.5) is 19.1 Å². The highest BCUT2D eigenvalue weighted by Crippen LogP contribution is 2.36. The predicted octanol–water partition coefficient (Wildman–Crippen LogP) is 3.71. The van der Waals surface area contributed by atoms with E-state index in [2.05, 4.69) is 20.3 Å². The van der Waals surface area contributed by atoms with Gasteiger partial charge in [-0.1, -0.05) is 19.3 Å². The van der Waals surface area contributed by atoms with Crippen LogP contribution < -0.4 is 5.32 Å². The molecule has 10 heteroatoms. The van der Waals surface area contributed by atoms with E-state index in [9.17, 15) is 21.6 Å². The Labute approximate surface area is 155 Å². The second kappa shape index (κ2) is 7.41. The molecule has 0 unspecified atom stereocenters. The van der Waals surface area contributed by atoms with Crippen molar-refractivity contribution < 1.29 is 21.6 Å². The van der Waals surface area contributed by atoms with Crippen molar-refractivity contribution in [1.29, 1.82) is 0 Å². The van der Waals surface area contributed by atoms with Crippen LogP contribution in [0.3, 0.4) is 0 Å². The van der Waals surface area contributed by atoms with E-state index >= 15 is 0 Å². The molecule has 2 aromatic rings. The number of nitrogens with zero attached hydrogens (tertiary/aromatic N) is 3. The molecule has 0 atom stereocenters. The summed E-state index contributed by atoms with van der Waals surface area (Å²) in [7, 11) is -3.62. The molecule has 1 aliphatic carbocycles. The molecule has 0 radical (unpaired) electrons. The average molecular weight is 400 g/mol. The van der Waals surface area contributed by atoms with Crippen molar-refractivity contribution in [2.24, 2.45) is 0 Å². The fraction of sp³-hybridized carbons (Fsp3) is 0.471. The van der Waals surface area contributed by atoms with Crippen molar-refractivity contribution >= 4 is 15.8 Å². The Bertz CT molecular complexity index is 926. The van der Waals surface area contributed by atoms with Crippen molar-refractivity contribution in [3.05, 3.63) is 30.2 Å². The third-order valence-corrected chi connectivity index (χ3v) is 5.53. The van der Waals surface area contributed by atoms with Gasteiger partial charge in [0.2, 0.25) is 5.95 Å². The Morgan fingerprint density at radius 2 is 1.81 bits per heavy atom. The summed E-state index contributed by atoms with van der Waals surface area (Å²) in [5.41, 5.74) is -1.46. The molecular weight excluding hydrogens is 381 g/mol. The largest absolute Gasteiger partial charge is 0.419 e. The molecule has 1 fully saturated rings. The molecule has 0 bridgehead atoms. The number of rotatable bonds is 4. The zero-order chi connectivity index (χ0) is 19.7. The van der Waals surface area contributed by atoms with Gasteiger partial charge in [-0.3, -0.25) is 4.98 Å². The Hall–Kier alpha value is -2.23. The Balaban J connectivity index is 2.04. The number of hydrogen-bond acceptors (Lipinski definition) is 6. The fourth-order valence-electron chi connectivity index (χ4n) is 3.06. The van der Waals surface area contributed by atoms with E-state index in [0.717, 1.165) is 63.0 Å². The lowest BCUT2D eigenvalue weighted by Crippen LogP contribution is -2.24. The van der Waals surface area contributed by atoms with Crippen LogP contribution in [-0.2, 0) is 16.0 Å². The highest BCUT2D eigenvalue weighted by Gasteiger charge is 2.36. The lowest BCUT2D eigenvalue weighted by atomic mass is 9.96. The molecule has 6 nitrogen and oxygen atoms in total. The van der Waals surface area contributed by atoms with Crippen LogP contribution in [0.1, 0.15) is 37.7 Å². The first-order chi connectivity index (χ1) is 12.6. The van der Waals surface area contributed by atoms with Crippen molar-refractivity contribution in [3.8, 4) is 11.3 Å². The monoisotopic (exact) mass is 400 g/mol. The Morgan fingerprint density at radius 3 is 2.44 bits per heavy atom. The predicted molar refractivity (Wildman–Crippen MR) is 93.9 cm³/mol. The van der Waals surface area contributed by atoms with E-state index in [1.165, 1.54) is 0 Å². The second-order valence-corrected chi connectivity index (χ2v) is 8.63. The van der Waals surface area contributed by atoms with Gasteiger partial charge in [0.15, 0.2) is 9.84 Å². The van der Waals surface area contributed by atoms with Gasteiger partial charge in [0.05, 0.1) is 10.6 Å². The molecule has 0 spiro atoms. The summed E-state index contributed by atoms with van der Waals surface area (Å²) in [5.74, 6) is 0.0923. The quantitative estimate of drug-likeness (QED) is 0.842. The Morgan fingerprint density at radius 1 is 1.11 bits per heavy atom. The molecule has 0 aromatic carbocycles. The van der Waals surface area contributed by atoms with E-state index in [1.807, 2.05) is 0 Å². The van der Waals surface area contributed by atoms with Crippen LogP contribution in [0.25, 0.3) is 11.3 Å². The van der Waals surface area contributed by atoms with Crippen LogP contribution in [0.5, 0.6) is 0 Å². The minimum absolute atomic E-state index is 0.0284. The first-order valence-corrected chi connectivity index (χ1v) is 10.4. The van der Waals surface area contributed by atoms with E-state index in [1.54, 1.807) is 0 Å². The molecule has 2 heterocycles. The summed E-state index contributed by atoms with van der Waals surface area (Å²) in [6.07, 6.45) is 4.31. The number of sulfone groups is 1. The van der Waals surface area contributed by atoms with Gasteiger partial charge >= 0.3 is 6.18 Å². The lowest BCUT2D eigenvalue weighted by Gasteiger charge is -2.23. The van der Waals surface area contributed by atoms with Gasteiger partial charge in [-0.2, -0.15) is 13.2 Å². The number of nitrogens with one attached hydrogen (secondary N) is 1. The molecule has 3 rings (SSSR count). The van der Waals surface area contributed by atoms with Gasteiger partial charge < -0.3 is 5.32 Å². The lowest BCUT2D eigenvalue weighted by molar-refractivity contribution is -0.137. The highest BCUT2D eigenvalue weighted by atomic mass is 32.2. The molecule has 2 aromatic heterocycles. The minimum atomic E-state index is -4.68. The maximum Gasteiger partial charge on any atom is 0.419 e. The summed E-state index contributed by atoms with van der Waals surface area (Å²) >= 11 is 0. The molecule has 27 heavy (non-hydrogen) atoms. The van der Waals surface area contributed by atoms with Gasteiger partial charge in [0.25, 0.3) is 0 Å². The van der Waals surface area contributed by atoms with E-state index in [-0.39, 0.29) is 22.4 Å². The van der Waals surface area contributed by atoms with Crippen molar-refractivity contribution in [2.75, 3.05) is 11.6 Å². The van der Waals surface area contributed by atoms with Crippen molar-refractivity contribution in [3.63, 3.8) is 0 Å². The third-order valence-electron chi connectivity index (χ3n) is 4.45. The van der Waals surface area contributed by atoms with Crippen LogP contribution in [0.2, 0.25) is 0 Å². The van der Waals surface area contributed by atoms with Gasteiger partial charge in [0, 0.05) is 36.5 Å². The number of halogens is 3. The van der Waals surface area contributed by atoms with Crippen LogP contribution in [0.15, 0.2) is 29.6 Å². The van der Waals surface area contributed by atoms with Gasteiger partial charge in [0.1, 0.15) is 5.56 Å². The topological polar surface area (TPSA) is 84.8 Å². The first-order valence-electron chi connectivity index (χ1n) is 8.51. The molecule has 0 aliphatic heterocycles. The second-order valence-electron chi connectivity index (χ2n) is 6.61. The highest BCUT2D eigenvalue weighted by molar-refractivity contribution is 7.90. The zero-order valence-corrected chi connectivity index (χ0v) is 15.4. The minimum Gasteiger partial charge on any atom is -0.351 e. The number of pyridine rings is 1. The number of alkyl halides is 3. The Kier molecular flexibility index (Phi) is 5.36. The maximum absolute atomic E-state index is 13.4. The number of anilines is 1. The molecule has 1 saturated carbocycles. The summed E-state index contributed by atoms with van der Waals surface area (Å²) in [4.78, 5) is 11.5. The smallest absolute Gasteiger partial charge is 0.351 e. The summed E-state index contributed by atoms with van der Waals surface area (Å²) < 4.78 is 63.7. The summed E-state index contributed by atoms with van der Waals surface area (Å²) in [6.45, 7) is 0. The van der Waals surface area contributed by atoms with Crippen LogP contribution in [0, 0.1) is 0 Å². The third kappa shape index (κ3) is 4.74. The standard InChI is InChI=1S/C17H19F3N4O2S/c1-27(25,26)13-7-11(8-21-9-13)15-14(17(18,19)20)10-22-16(24-15)23-12-5-3-2-4-6-12/h7-10,12H,2-6H2,1H3,(H,22,23,24). The zero-order valence-electron chi connectivity index (χ0n) is 14.6. The number of aromatic nitrogens is 3. The average Bonchev–Trinajstić information content (AvgIpc) is 2.61.